The van der Waals surface area contributed by atoms with Gasteiger partial charge in [-0.05, 0) is 37.5 Å². The monoisotopic (exact) mass is 1420 g/mol. The van der Waals surface area contributed by atoms with Crippen LogP contribution in [0.25, 0.3) is 0 Å². The Morgan fingerprint density at radius 2 is 0.474 bits per heavy atom. The third-order valence-electron chi connectivity index (χ3n) is 18.2. The van der Waals surface area contributed by atoms with Crippen LogP contribution in [0.15, 0.2) is 0 Å². The largest absolute Gasteiger partial charge is 0.472 e. The van der Waals surface area contributed by atoms with Gasteiger partial charge in [0.25, 0.3) is 0 Å². The van der Waals surface area contributed by atoms with E-state index in [2.05, 4.69) is 41.5 Å². The van der Waals surface area contributed by atoms with Crippen LogP contribution in [0.2, 0.25) is 0 Å². The molecule has 5 atom stereocenters. The number of aliphatic hydroxyl groups is 1. The smallest absolute Gasteiger partial charge is 0.462 e. The molecule has 0 aliphatic rings. The van der Waals surface area contributed by atoms with Crippen LogP contribution in [0, 0.1) is 11.8 Å². The van der Waals surface area contributed by atoms with Crippen LogP contribution in [0.1, 0.15) is 408 Å². The van der Waals surface area contributed by atoms with Gasteiger partial charge in [0.15, 0.2) is 12.2 Å². The van der Waals surface area contributed by atoms with Crippen LogP contribution in [-0.2, 0) is 65.4 Å². The second kappa shape index (κ2) is 69.8. The molecule has 0 aromatic heterocycles. The lowest BCUT2D eigenvalue weighted by molar-refractivity contribution is -0.161. The molecule has 0 aromatic carbocycles. The molecule has 0 fully saturated rings. The van der Waals surface area contributed by atoms with Gasteiger partial charge in [-0.2, -0.15) is 0 Å². The fourth-order valence-electron chi connectivity index (χ4n) is 12.0. The van der Waals surface area contributed by atoms with Gasteiger partial charge in [-0.25, -0.2) is 9.13 Å². The Morgan fingerprint density at radius 1 is 0.278 bits per heavy atom. The van der Waals surface area contributed by atoms with Crippen molar-refractivity contribution in [2.75, 3.05) is 39.6 Å². The highest BCUT2D eigenvalue weighted by Gasteiger charge is 2.30. The molecular weight excluding hydrogens is 1270 g/mol. The van der Waals surface area contributed by atoms with Crippen molar-refractivity contribution < 1.29 is 80.2 Å². The van der Waals surface area contributed by atoms with Crippen LogP contribution in [0.5, 0.6) is 0 Å². The number of esters is 4. The molecule has 2 unspecified atom stereocenters. The predicted octanol–water partition coefficient (Wildman–Crippen LogP) is 23.1. The van der Waals surface area contributed by atoms with Crippen molar-refractivity contribution in [3.05, 3.63) is 0 Å². The number of phosphoric acid groups is 2. The minimum atomic E-state index is -4.96. The Morgan fingerprint density at radius 3 is 0.701 bits per heavy atom. The normalized spacial score (nSPS) is 14.0. The third-order valence-corrected chi connectivity index (χ3v) is 20.1. The number of unbranched alkanes of at least 4 members (excludes halogenated alkanes) is 47. The second-order valence-corrected chi connectivity index (χ2v) is 32.0. The maximum Gasteiger partial charge on any atom is 0.472 e. The number of aliphatic hydroxyl groups excluding tert-OH is 1. The quantitative estimate of drug-likeness (QED) is 0.0222. The molecule has 19 heteroatoms. The summed E-state index contributed by atoms with van der Waals surface area (Å²) < 4.78 is 68.5. The molecule has 0 saturated heterocycles. The van der Waals surface area contributed by atoms with Crippen LogP contribution < -0.4 is 0 Å². The SMILES string of the molecule is CCCCCCCCCCCCCCCCCCCCC(=O)OC[C@H](COP(=O)(O)OC[C@@H](O)COP(=O)(O)OC[C@@H](COC(=O)CCCCCCCCC)OC(=O)CCCCCCCCCCCCC(C)C)OC(=O)CCCCCCCCCCCCCCCCCCC(C)C. The molecule has 17 nitrogen and oxygen atoms in total. The molecule has 0 amide bonds. The van der Waals surface area contributed by atoms with Gasteiger partial charge in [-0.3, -0.25) is 37.3 Å². The van der Waals surface area contributed by atoms with Crippen molar-refractivity contribution in [3.63, 3.8) is 0 Å². The summed E-state index contributed by atoms with van der Waals surface area (Å²) in [6.07, 6.45) is 58.5. The van der Waals surface area contributed by atoms with E-state index >= 15 is 0 Å². The van der Waals surface area contributed by atoms with Crippen LogP contribution >= 0.6 is 15.6 Å². The van der Waals surface area contributed by atoms with E-state index < -0.39 is 97.5 Å². The summed E-state index contributed by atoms with van der Waals surface area (Å²) in [5.41, 5.74) is 0. The molecular formula is C78H152O17P2. The molecule has 0 radical (unpaired) electrons. The van der Waals surface area contributed by atoms with Crippen molar-refractivity contribution in [3.8, 4) is 0 Å². The number of rotatable bonds is 77. The fraction of sp³-hybridized carbons (Fsp3) is 0.949. The Kier molecular flexibility index (Phi) is 68.4. The zero-order valence-corrected chi connectivity index (χ0v) is 65.2. The third kappa shape index (κ3) is 72.2. The predicted molar refractivity (Wildman–Crippen MR) is 395 cm³/mol. The van der Waals surface area contributed by atoms with E-state index in [1.165, 1.54) is 212 Å². The maximum atomic E-state index is 13.1. The summed E-state index contributed by atoms with van der Waals surface area (Å²) in [7, 11) is -9.91. The van der Waals surface area contributed by atoms with Crippen LogP contribution in [-0.4, -0.2) is 96.7 Å². The molecule has 0 heterocycles. The number of carbonyl (C=O) groups is 4. The average molecular weight is 1420 g/mol. The highest BCUT2D eigenvalue weighted by atomic mass is 31.2. The molecule has 576 valence electrons. The molecule has 3 N–H and O–H groups in total. The summed E-state index contributed by atoms with van der Waals surface area (Å²) in [6.45, 7) is 9.59. The molecule has 0 aliphatic heterocycles. The first-order valence-corrected chi connectivity index (χ1v) is 43.5. The van der Waals surface area contributed by atoms with E-state index in [4.69, 9.17) is 37.0 Å². The van der Waals surface area contributed by atoms with Crippen LogP contribution in [0.4, 0.5) is 0 Å². The second-order valence-electron chi connectivity index (χ2n) is 29.1. The molecule has 0 rings (SSSR count). The lowest BCUT2D eigenvalue weighted by Gasteiger charge is -2.21. The minimum absolute atomic E-state index is 0.106. The Balaban J connectivity index is 5.18. The lowest BCUT2D eigenvalue weighted by Crippen LogP contribution is -2.30. The van der Waals surface area contributed by atoms with Crippen molar-refractivity contribution in [1.29, 1.82) is 0 Å². The molecule has 0 spiro atoms. The van der Waals surface area contributed by atoms with Crippen molar-refractivity contribution >= 4 is 39.5 Å². The van der Waals surface area contributed by atoms with E-state index in [0.29, 0.717) is 25.7 Å². The number of hydrogen-bond acceptors (Lipinski definition) is 15. The Hall–Kier alpha value is -1.94. The van der Waals surface area contributed by atoms with E-state index in [-0.39, 0.29) is 25.7 Å². The van der Waals surface area contributed by atoms with E-state index in [9.17, 15) is 43.2 Å². The van der Waals surface area contributed by atoms with Gasteiger partial charge in [0, 0.05) is 25.7 Å². The molecule has 0 aromatic rings. The Labute approximate surface area is 594 Å². The van der Waals surface area contributed by atoms with Gasteiger partial charge >= 0.3 is 39.5 Å². The summed E-state index contributed by atoms with van der Waals surface area (Å²) in [4.78, 5) is 72.7. The van der Waals surface area contributed by atoms with Gasteiger partial charge in [-0.1, -0.05) is 356 Å². The standard InChI is InChI=1S/C78H152O17P2/c1-7-9-11-13-15-16-17-18-19-20-21-25-28-31-37-43-49-55-61-76(81)89-67-74(95-77(82)62-56-50-44-38-32-29-26-23-22-24-27-30-35-41-46-52-58-70(3)4)69-93-97(86,87)91-65-72(79)64-90-96(84,85)92-68-73(66-88-75(80)60-54-48-40-14-12-10-8-2)94-78(83)63-57-51-45-39-34-33-36-42-47-53-59-71(5)6/h70-74,79H,7-69H2,1-6H3,(H,84,85)(H,86,87)/t72-,73+,74+/m0/s1. The number of ether oxygens (including phenoxy) is 4. The van der Waals surface area contributed by atoms with Gasteiger partial charge in [0.05, 0.1) is 26.4 Å². The molecule has 97 heavy (non-hydrogen) atoms. The van der Waals surface area contributed by atoms with Crippen molar-refractivity contribution in [2.45, 2.75) is 426 Å². The van der Waals surface area contributed by atoms with Gasteiger partial charge in [0.2, 0.25) is 0 Å². The summed E-state index contributed by atoms with van der Waals surface area (Å²) in [5.74, 6) is -0.556. The first kappa shape index (κ1) is 95.1. The number of phosphoric ester groups is 2. The van der Waals surface area contributed by atoms with E-state index in [1.54, 1.807) is 0 Å². The highest BCUT2D eigenvalue weighted by Crippen LogP contribution is 2.45. The zero-order valence-electron chi connectivity index (χ0n) is 63.4. The van der Waals surface area contributed by atoms with Crippen molar-refractivity contribution in [2.24, 2.45) is 11.8 Å². The summed E-state index contributed by atoms with van der Waals surface area (Å²) in [5, 5.41) is 10.6. The number of carbonyl (C=O) groups excluding carboxylic acids is 4. The first-order valence-electron chi connectivity index (χ1n) is 40.5. The van der Waals surface area contributed by atoms with Crippen molar-refractivity contribution in [1.82, 2.24) is 0 Å². The summed E-state index contributed by atoms with van der Waals surface area (Å²) >= 11 is 0. The van der Waals surface area contributed by atoms with Gasteiger partial charge in [-0.15, -0.1) is 0 Å². The average Bonchev–Trinajstić information content (AvgIpc) is 2.93. The number of hydrogen-bond donors (Lipinski definition) is 3. The van der Waals surface area contributed by atoms with Gasteiger partial charge in [0.1, 0.15) is 19.3 Å². The molecule has 0 bridgehead atoms. The lowest BCUT2D eigenvalue weighted by atomic mass is 10.0. The van der Waals surface area contributed by atoms with E-state index in [0.717, 1.165) is 115 Å². The van der Waals surface area contributed by atoms with Crippen LogP contribution in [0.3, 0.4) is 0 Å². The fourth-order valence-corrected chi connectivity index (χ4v) is 13.6. The minimum Gasteiger partial charge on any atom is -0.462 e. The molecule has 0 aliphatic carbocycles. The Bertz CT molecular complexity index is 1870. The molecule has 0 saturated carbocycles. The highest BCUT2D eigenvalue weighted by molar-refractivity contribution is 7.47. The summed E-state index contributed by atoms with van der Waals surface area (Å²) in [6, 6.07) is 0. The van der Waals surface area contributed by atoms with E-state index in [1.807, 2.05) is 0 Å². The topological polar surface area (TPSA) is 237 Å². The zero-order chi connectivity index (χ0) is 71.4. The maximum absolute atomic E-state index is 13.1. The first-order chi connectivity index (χ1) is 46.9. The van der Waals surface area contributed by atoms with Gasteiger partial charge < -0.3 is 33.8 Å².